The van der Waals surface area contributed by atoms with Gasteiger partial charge in [0.25, 0.3) is 5.56 Å². The number of rotatable bonds is 4. The summed E-state index contributed by atoms with van der Waals surface area (Å²) in [6, 6.07) is 11.3. The van der Waals surface area contributed by atoms with E-state index in [0.717, 1.165) is 16.0 Å². The van der Waals surface area contributed by atoms with Gasteiger partial charge in [-0.1, -0.05) is 30.3 Å². The summed E-state index contributed by atoms with van der Waals surface area (Å²) in [7, 11) is 1.30. The largest absolute Gasteiger partial charge is 0.467 e. The van der Waals surface area contributed by atoms with E-state index in [4.69, 9.17) is 9.15 Å². The Kier molecular flexibility index (Phi) is 4.37. The molecule has 0 spiro atoms. The van der Waals surface area contributed by atoms with Crippen molar-refractivity contribution in [2.24, 2.45) is 0 Å². The van der Waals surface area contributed by atoms with Gasteiger partial charge in [0.2, 0.25) is 0 Å². The molecule has 6 nitrogen and oxygen atoms in total. The molecule has 27 heavy (non-hydrogen) atoms. The molecule has 4 rings (SSSR count). The summed E-state index contributed by atoms with van der Waals surface area (Å²) >= 11 is 1.49. The van der Waals surface area contributed by atoms with Crippen LogP contribution in [0.4, 0.5) is 0 Å². The summed E-state index contributed by atoms with van der Waals surface area (Å²) < 4.78 is 11.6. The van der Waals surface area contributed by atoms with Crippen LogP contribution in [0.3, 0.4) is 0 Å². The van der Waals surface area contributed by atoms with Crippen molar-refractivity contribution in [1.29, 1.82) is 0 Å². The second-order valence-corrected chi connectivity index (χ2v) is 7.21. The molecule has 0 atom stereocenters. The van der Waals surface area contributed by atoms with Gasteiger partial charge in [-0.3, -0.25) is 9.36 Å². The molecule has 3 heterocycles. The molecule has 0 bridgehead atoms. The number of thiophene rings is 1. The molecule has 4 aromatic rings. The van der Waals surface area contributed by atoms with E-state index < -0.39 is 5.97 Å². The van der Waals surface area contributed by atoms with Crippen LogP contribution in [0.15, 0.2) is 58.2 Å². The number of furan rings is 1. The summed E-state index contributed by atoms with van der Waals surface area (Å²) in [6.07, 6.45) is 2.89. The van der Waals surface area contributed by atoms with Gasteiger partial charge < -0.3 is 9.15 Å². The predicted octanol–water partition coefficient (Wildman–Crippen LogP) is 3.86. The molecule has 3 aromatic heterocycles. The van der Waals surface area contributed by atoms with Crippen molar-refractivity contribution in [3.63, 3.8) is 0 Å². The molecular weight excluding hydrogens is 364 g/mol. The van der Waals surface area contributed by atoms with Crippen molar-refractivity contribution in [2.75, 3.05) is 7.11 Å². The van der Waals surface area contributed by atoms with Gasteiger partial charge in [-0.2, -0.15) is 0 Å². The molecule has 0 saturated heterocycles. The number of ether oxygens (including phenoxy) is 1. The summed E-state index contributed by atoms with van der Waals surface area (Å²) in [5.74, 6) is -0.143. The molecule has 0 radical (unpaired) electrons. The average molecular weight is 380 g/mol. The number of hydrogen-bond acceptors (Lipinski definition) is 6. The molecule has 1 aromatic carbocycles. The molecule has 0 aliphatic carbocycles. The van der Waals surface area contributed by atoms with Gasteiger partial charge in [-0.15, -0.1) is 11.3 Å². The minimum atomic E-state index is -0.503. The number of esters is 1. The SMILES string of the molecule is COC(=O)c1ccoc1Cn1cnc2sc(C)c(-c3ccccc3)c2c1=O. The van der Waals surface area contributed by atoms with Crippen molar-refractivity contribution >= 4 is 27.5 Å². The van der Waals surface area contributed by atoms with Gasteiger partial charge in [0, 0.05) is 10.4 Å². The second-order valence-electron chi connectivity index (χ2n) is 6.01. The fraction of sp³-hybridized carbons (Fsp3) is 0.150. The Balaban J connectivity index is 1.85. The first-order chi connectivity index (χ1) is 13.1. The summed E-state index contributed by atoms with van der Waals surface area (Å²) in [6.45, 7) is 2.09. The molecule has 0 N–H and O–H groups in total. The molecular formula is C20H16N2O4S. The van der Waals surface area contributed by atoms with Crippen molar-refractivity contribution in [3.05, 3.63) is 75.5 Å². The van der Waals surface area contributed by atoms with Crippen molar-refractivity contribution in [1.82, 2.24) is 9.55 Å². The van der Waals surface area contributed by atoms with Crippen molar-refractivity contribution in [2.45, 2.75) is 13.5 Å². The third kappa shape index (κ3) is 2.96. The number of benzene rings is 1. The number of hydrogen-bond donors (Lipinski definition) is 0. The van der Waals surface area contributed by atoms with Crippen LogP contribution in [0, 0.1) is 6.92 Å². The first-order valence-corrected chi connectivity index (χ1v) is 9.10. The van der Waals surface area contributed by atoms with E-state index in [0.29, 0.717) is 21.5 Å². The van der Waals surface area contributed by atoms with Crippen LogP contribution in [0.2, 0.25) is 0 Å². The van der Waals surface area contributed by atoms with Crippen LogP contribution in [-0.2, 0) is 11.3 Å². The Hall–Kier alpha value is -3.19. The third-order valence-corrected chi connectivity index (χ3v) is 5.40. The number of carbonyl (C=O) groups excluding carboxylic acids is 1. The zero-order valence-electron chi connectivity index (χ0n) is 14.8. The lowest BCUT2D eigenvalue weighted by Crippen LogP contribution is -2.21. The van der Waals surface area contributed by atoms with Gasteiger partial charge in [-0.05, 0) is 18.6 Å². The quantitative estimate of drug-likeness (QED) is 0.503. The minimum absolute atomic E-state index is 0.0995. The first-order valence-electron chi connectivity index (χ1n) is 8.28. The Labute approximate surface area is 158 Å². The lowest BCUT2D eigenvalue weighted by atomic mass is 10.0. The van der Waals surface area contributed by atoms with Crippen LogP contribution in [0.5, 0.6) is 0 Å². The Morgan fingerprint density at radius 2 is 2.04 bits per heavy atom. The zero-order valence-corrected chi connectivity index (χ0v) is 15.6. The van der Waals surface area contributed by atoms with Gasteiger partial charge >= 0.3 is 5.97 Å². The maximum absolute atomic E-state index is 13.2. The summed E-state index contributed by atoms with van der Waals surface area (Å²) in [5, 5.41) is 0.581. The molecule has 0 aliphatic heterocycles. The lowest BCUT2D eigenvalue weighted by molar-refractivity contribution is 0.0598. The van der Waals surface area contributed by atoms with Crippen LogP contribution in [0.1, 0.15) is 21.0 Å². The van der Waals surface area contributed by atoms with E-state index in [2.05, 4.69) is 4.98 Å². The van der Waals surface area contributed by atoms with Gasteiger partial charge in [0.1, 0.15) is 16.2 Å². The highest BCUT2D eigenvalue weighted by molar-refractivity contribution is 7.19. The normalized spacial score (nSPS) is 11.0. The smallest absolute Gasteiger partial charge is 0.341 e. The van der Waals surface area contributed by atoms with E-state index in [1.165, 1.54) is 41.7 Å². The van der Waals surface area contributed by atoms with Gasteiger partial charge in [0.05, 0.1) is 31.6 Å². The topological polar surface area (TPSA) is 74.3 Å². The maximum Gasteiger partial charge on any atom is 0.341 e. The standard InChI is InChI=1S/C20H16N2O4S/c1-12-16(13-6-4-3-5-7-13)17-18(27-12)21-11-22(19(17)23)10-15-14(8-9-26-15)20(24)25-2/h3-9,11H,10H2,1-2H3. The van der Waals surface area contributed by atoms with E-state index in [9.17, 15) is 9.59 Å². The van der Waals surface area contributed by atoms with Gasteiger partial charge in [-0.25, -0.2) is 9.78 Å². The maximum atomic E-state index is 13.2. The lowest BCUT2D eigenvalue weighted by Gasteiger charge is -2.06. The van der Waals surface area contributed by atoms with Crippen LogP contribution in [0.25, 0.3) is 21.3 Å². The molecule has 0 aliphatic rings. The van der Waals surface area contributed by atoms with Crippen LogP contribution in [-0.4, -0.2) is 22.6 Å². The molecule has 0 unspecified atom stereocenters. The third-order valence-electron chi connectivity index (χ3n) is 4.38. The number of carbonyl (C=O) groups is 1. The van der Waals surface area contributed by atoms with E-state index in [-0.39, 0.29) is 12.1 Å². The zero-order chi connectivity index (χ0) is 19.0. The monoisotopic (exact) mass is 380 g/mol. The fourth-order valence-electron chi connectivity index (χ4n) is 3.11. The highest BCUT2D eigenvalue weighted by atomic mass is 32.1. The van der Waals surface area contributed by atoms with E-state index in [1.807, 2.05) is 37.3 Å². The predicted molar refractivity (Wildman–Crippen MR) is 103 cm³/mol. The Bertz CT molecular complexity index is 1190. The number of aromatic nitrogens is 2. The molecule has 0 saturated carbocycles. The van der Waals surface area contributed by atoms with Gasteiger partial charge in [0.15, 0.2) is 0 Å². The molecule has 0 amide bonds. The first kappa shape index (κ1) is 17.2. The summed E-state index contributed by atoms with van der Waals surface area (Å²) in [4.78, 5) is 31.2. The number of fused-ring (bicyclic) bond motifs is 1. The number of methoxy groups -OCH3 is 1. The van der Waals surface area contributed by atoms with Crippen molar-refractivity contribution in [3.8, 4) is 11.1 Å². The molecule has 7 heteroatoms. The minimum Gasteiger partial charge on any atom is -0.467 e. The van der Waals surface area contributed by atoms with Crippen LogP contribution < -0.4 is 5.56 Å². The highest BCUT2D eigenvalue weighted by Crippen LogP contribution is 2.35. The highest BCUT2D eigenvalue weighted by Gasteiger charge is 2.19. The van der Waals surface area contributed by atoms with E-state index >= 15 is 0 Å². The number of nitrogens with zero attached hydrogens (tertiary/aromatic N) is 2. The van der Waals surface area contributed by atoms with Crippen LogP contribution >= 0.6 is 11.3 Å². The average Bonchev–Trinajstić information content (AvgIpc) is 3.28. The number of aryl methyl sites for hydroxylation is 1. The Morgan fingerprint density at radius 1 is 1.26 bits per heavy atom. The van der Waals surface area contributed by atoms with Crippen molar-refractivity contribution < 1.29 is 13.9 Å². The second kappa shape index (κ2) is 6.85. The fourth-order valence-corrected chi connectivity index (χ4v) is 4.12. The molecule has 136 valence electrons. The van der Waals surface area contributed by atoms with E-state index in [1.54, 1.807) is 0 Å². The summed E-state index contributed by atoms with van der Waals surface area (Å²) in [5.41, 5.74) is 2.01. The Morgan fingerprint density at radius 3 is 2.78 bits per heavy atom. The molecule has 0 fully saturated rings.